The van der Waals surface area contributed by atoms with Crippen LogP contribution in [0.4, 0.5) is 4.79 Å². The van der Waals surface area contributed by atoms with E-state index in [0.29, 0.717) is 0 Å². The van der Waals surface area contributed by atoms with Gasteiger partial charge < -0.3 is 10.2 Å². The van der Waals surface area contributed by atoms with Crippen molar-refractivity contribution in [2.75, 3.05) is 40.3 Å². The highest BCUT2D eigenvalue weighted by molar-refractivity contribution is 5.73. The Hall–Kier alpha value is -0.810. The lowest BCUT2D eigenvalue weighted by molar-refractivity contribution is 0.164. The Bertz CT molecular complexity index is 153. The molecular weight excluding hydrogens is 156 g/mol. The highest BCUT2D eigenvalue weighted by atomic mass is 16.2. The van der Waals surface area contributed by atoms with Crippen molar-refractivity contribution in [1.82, 2.24) is 20.7 Å². The summed E-state index contributed by atoms with van der Waals surface area (Å²) in [6.07, 6.45) is 0. The summed E-state index contributed by atoms with van der Waals surface area (Å²) in [6, 6.07) is -0.0125. The maximum absolute atomic E-state index is 11.4. The molecule has 2 N–H and O–H groups in total. The van der Waals surface area contributed by atoms with Crippen molar-refractivity contribution in [2.24, 2.45) is 0 Å². The van der Waals surface area contributed by atoms with Crippen LogP contribution in [0.1, 0.15) is 0 Å². The summed E-state index contributed by atoms with van der Waals surface area (Å²) < 4.78 is 0. The maximum Gasteiger partial charge on any atom is 0.331 e. The summed E-state index contributed by atoms with van der Waals surface area (Å²) in [6.45, 7) is 3.36. The van der Waals surface area contributed by atoms with E-state index in [4.69, 9.17) is 0 Å². The topological polar surface area (TPSA) is 47.6 Å². The number of hydrogen-bond donors (Lipinski definition) is 2. The van der Waals surface area contributed by atoms with E-state index in [0.717, 1.165) is 26.2 Å². The molecule has 0 radical (unpaired) electrons. The van der Waals surface area contributed by atoms with Crippen LogP contribution in [0.5, 0.6) is 0 Å². The number of hydrazine groups is 1. The fraction of sp³-hybridized carbons (Fsp3) is 0.857. The average molecular weight is 172 g/mol. The second-order valence-electron chi connectivity index (χ2n) is 3.05. The normalized spacial score (nSPS) is 18.1. The summed E-state index contributed by atoms with van der Waals surface area (Å²) in [4.78, 5) is 13.2. The van der Waals surface area contributed by atoms with Gasteiger partial charge in [0, 0.05) is 40.3 Å². The molecule has 2 amide bonds. The zero-order chi connectivity index (χ0) is 8.97. The lowest BCUT2D eigenvalue weighted by Gasteiger charge is -2.28. The fourth-order valence-electron chi connectivity index (χ4n) is 1.13. The highest BCUT2D eigenvalue weighted by Gasteiger charge is 2.15. The Morgan fingerprint density at radius 1 is 1.42 bits per heavy atom. The standard InChI is InChI=1S/C7H16N4O/c1-10(2)9-7(12)11-5-3-8-4-6-11/h8H,3-6H2,1-2H3,(H,9,12). The number of urea groups is 1. The molecule has 0 aromatic carbocycles. The van der Waals surface area contributed by atoms with Crippen molar-refractivity contribution >= 4 is 6.03 Å². The van der Waals surface area contributed by atoms with E-state index in [1.165, 1.54) is 0 Å². The number of rotatable bonds is 1. The Labute approximate surface area is 72.7 Å². The molecule has 0 saturated carbocycles. The van der Waals surface area contributed by atoms with Crippen LogP contribution in [0, 0.1) is 0 Å². The molecule has 0 spiro atoms. The van der Waals surface area contributed by atoms with Crippen LogP contribution >= 0.6 is 0 Å². The van der Waals surface area contributed by atoms with Crippen molar-refractivity contribution in [3.05, 3.63) is 0 Å². The van der Waals surface area contributed by atoms with Gasteiger partial charge in [-0.3, -0.25) is 5.43 Å². The van der Waals surface area contributed by atoms with Crippen LogP contribution in [0.25, 0.3) is 0 Å². The fourth-order valence-corrected chi connectivity index (χ4v) is 1.13. The highest BCUT2D eigenvalue weighted by Crippen LogP contribution is 1.92. The van der Waals surface area contributed by atoms with Crippen LogP contribution in [-0.2, 0) is 0 Å². The first-order valence-electron chi connectivity index (χ1n) is 4.14. The summed E-state index contributed by atoms with van der Waals surface area (Å²) in [5.41, 5.74) is 2.70. The second kappa shape index (κ2) is 4.27. The van der Waals surface area contributed by atoms with Gasteiger partial charge in [0.15, 0.2) is 0 Å². The van der Waals surface area contributed by atoms with Gasteiger partial charge in [-0.25, -0.2) is 9.80 Å². The van der Waals surface area contributed by atoms with Gasteiger partial charge in [-0.2, -0.15) is 0 Å². The first kappa shape index (κ1) is 9.28. The van der Waals surface area contributed by atoms with E-state index in [1.807, 2.05) is 0 Å². The molecule has 0 aromatic rings. The van der Waals surface area contributed by atoms with Gasteiger partial charge in [0.05, 0.1) is 0 Å². The molecule has 1 aliphatic heterocycles. The van der Waals surface area contributed by atoms with E-state index >= 15 is 0 Å². The molecule has 5 heteroatoms. The SMILES string of the molecule is CN(C)NC(=O)N1CCNCC1. The number of nitrogens with one attached hydrogen (secondary N) is 2. The molecule has 1 saturated heterocycles. The van der Waals surface area contributed by atoms with Crippen molar-refractivity contribution in [2.45, 2.75) is 0 Å². The molecular formula is C7H16N4O. The predicted molar refractivity (Wildman–Crippen MR) is 46.7 cm³/mol. The molecule has 0 aromatic heterocycles. The van der Waals surface area contributed by atoms with Crippen LogP contribution in [0.2, 0.25) is 0 Å². The Morgan fingerprint density at radius 2 is 2.00 bits per heavy atom. The Morgan fingerprint density at radius 3 is 2.50 bits per heavy atom. The third-order valence-electron chi connectivity index (χ3n) is 1.72. The minimum atomic E-state index is -0.0125. The van der Waals surface area contributed by atoms with Crippen LogP contribution in [0.15, 0.2) is 0 Å². The van der Waals surface area contributed by atoms with Crippen LogP contribution in [-0.4, -0.2) is 56.2 Å². The average Bonchev–Trinajstić information content (AvgIpc) is 2.05. The molecule has 1 rings (SSSR count). The minimum absolute atomic E-state index is 0.0125. The molecule has 0 aliphatic carbocycles. The Balaban J connectivity index is 2.30. The van der Waals surface area contributed by atoms with Crippen molar-refractivity contribution in [1.29, 1.82) is 0 Å². The number of piperazine rings is 1. The summed E-state index contributed by atoms with van der Waals surface area (Å²) in [5, 5.41) is 4.84. The third kappa shape index (κ3) is 2.67. The first-order valence-corrected chi connectivity index (χ1v) is 4.14. The predicted octanol–water partition coefficient (Wildman–Crippen LogP) is -0.922. The van der Waals surface area contributed by atoms with Gasteiger partial charge >= 0.3 is 6.03 Å². The number of hydrogen-bond acceptors (Lipinski definition) is 3. The summed E-state index contributed by atoms with van der Waals surface area (Å²) in [7, 11) is 3.61. The van der Waals surface area contributed by atoms with Crippen molar-refractivity contribution in [3.63, 3.8) is 0 Å². The first-order chi connectivity index (χ1) is 5.70. The Kier molecular flexibility index (Phi) is 3.31. The molecule has 70 valence electrons. The van der Waals surface area contributed by atoms with E-state index < -0.39 is 0 Å². The van der Waals surface area contributed by atoms with Gasteiger partial charge in [0.25, 0.3) is 0 Å². The van der Waals surface area contributed by atoms with Gasteiger partial charge in [-0.05, 0) is 0 Å². The molecule has 1 heterocycles. The number of amides is 2. The lowest BCUT2D eigenvalue weighted by Crippen LogP contribution is -2.52. The van der Waals surface area contributed by atoms with E-state index in [2.05, 4.69) is 10.7 Å². The smallest absolute Gasteiger partial charge is 0.321 e. The van der Waals surface area contributed by atoms with Crippen molar-refractivity contribution in [3.8, 4) is 0 Å². The largest absolute Gasteiger partial charge is 0.331 e. The molecule has 5 nitrogen and oxygen atoms in total. The quantitative estimate of drug-likeness (QED) is 0.503. The van der Waals surface area contributed by atoms with Gasteiger partial charge in [0.1, 0.15) is 0 Å². The molecule has 0 atom stereocenters. The second-order valence-corrected chi connectivity index (χ2v) is 3.05. The molecule has 0 unspecified atom stereocenters. The maximum atomic E-state index is 11.4. The number of carbonyl (C=O) groups is 1. The zero-order valence-corrected chi connectivity index (χ0v) is 7.63. The van der Waals surface area contributed by atoms with Crippen LogP contribution in [0.3, 0.4) is 0 Å². The number of nitrogens with zero attached hydrogens (tertiary/aromatic N) is 2. The minimum Gasteiger partial charge on any atom is -0.321 e. The van der Waals surface area contributed by atoms with Crippen molar-refractivity contribution < 1.29 is 4.79 Å². The molecule has 1 fully saturated rings. The summed E-state index contributed by atoms with van der Waals surface area (Å²) in [5.74, 6) is 0. The van der Waals surface area contributed by atoms with E-state index in [9.17, 15) is 4.79 Å². The van der Waals surface area contributed by atoms with Crippen LogP contribution < -0.4 is 10.7 Å². The number of carbonyl (C=O) groups excluding carboxylic acids is 1. The van der Waals surface area contributed by atoms with E-state index in [1.54, 1.807) is 24.0 Å². The lowest BCUT2D eigenvalue weighted by atomic mass is 10.4. The molecule has 12 heavy (non-hydrogen) atoms. The van der Waals surface area contributed by atoms with E-state index in [-0.39, 0.29) is 6.03 Å². The summed E-state index contributed by atoms with van der Waals surface area (Å²) >= 11 is 0. The molecule has 0 bridgehead atoms. The monoisotopic (exact) mass is 172 g/mol. The van der Waals surface area contributed by atoms with Gasteiger partial charge in [-0.1, -0.05) is 0 Å². The molecule has 1 aliphatic rings. The van der Waals surface area contributed by atoms with Gasteiger partial charge in [-0.15, -0.1) is 0 Å². The van der Waals surface area contributed by atoms with Gasteiger partial charge in [0.2, 0.25) is 0 Å². The third-order valence-corrected chi connectivity index (χ3v) is 1.72. The zero-order valence-electron chi connectivity index (χ0n) is 7.63.